The smallest absolute Gasteiger partial charge is 0.257 e. The van der Waals surface area contributed by atoms with Crippen LogP contribution in [0.2, 0.25) is 0 Å². The normalized spacial score (nSPS) is 13.7. The van der Waals surface area contributed by atoms with Crippen molar-refractivity contribution in [1.82, 2.24) is 14.5 Å². The predicted octanol–water partition coefficient (Wildman–Crippen LogP) is 3.98. The van der Waals surface area contributed by atoms with Gasteiger partial charge >= 0.3 is 0 Å². The zero-order valence-corrected chi connectivity index (χ0v) is 16.1. The van der Waals surface area contributed by atoms with Gasteiger partial charge in [0.2, 0.25) is 0 Å². The fourth-order valence-electron chi connectivity index (χ4n) is 3.14. The first-order valence-corrected chi connectivity index (χ1v) is 10.00. The number of thiazole rings is 1. The average molecular weight is 382 g/mol. The Morgan fingerprint density at radius 1 is 1.22 bits per heavy atom. The summed E-state index contributed by atoms with van der Waals surface area (Å²) < 4.78 is 7.64. The van der Waals surface area contributed by atoms with Crippen LogP contribution in [0, 0.1) is 0 Å². The van der Waals surface area contributed by atoms with Gasteiger partial charge in [0, 0.05) is 29.9 Å². The highest BCUT2D eigenvalue weighted by molar-refractivity contribution is 7.15. The summed E-state index contributed by atoms with van der Waals surface area (Å²) >= 11 is 1.61. The third kappa shape index (κ3) is 4.19. The number of aromatic nitrogens is 3. The summed E-state index contributed by atoms with van der Waals surface area (Å²) in [6.45, 7) is 0.389. The average Bonchev–Trinajstić information content (AvgIpc) is 3.19. The molecule has 2 heterocycles. The molecule has 0 spiro atoms. The quantitative estimate of drug-likeness (QED) is 0.678. The maximum atomic E-state index is 12.5. The number of amides is 1. The zero-order chi connectivity index (χ0) is 18.6. The second kappa shape index (κ2) is 7.92. The molecule has 27 heavy (non-hydrogen) atoms. The number of imidazole rings is 1. The summed E-state index contributed by atoms with van der Waals surface area (Å²) in [5, 5.41) is 3.63. The van der Waals surface area contributed by atoms with Crippen LogP contribution in [-0.2, 0) is 26.5 Å². The van der Waals surface area contributed by atoms with E-state index in [-0.39, 0.29) is 5.91 Å². The number of nitrogens with zero attached hydrogens (tertiary/aromatic N) is 3. The largest absolute Gasteiger partial charge is 0.486 e. The van der Waals surface area contributed by atoms with Gasteiger partial charge in [0.1, 0.15) is 18.2 Å². The van der Waals surface area contributed by atoms with Crippen molar-refractivity contribution in [1.29, 1.82) is 0 Å². The lowest BCUT2D eigenvalue weighted by Gasteiger charge is -2.07. The van der Waals surface area contributed by atoms with Gasteiger partial charge in [-0.05, 0) is 49.9 Å². The molecule has 0 saturated heterocycles. The number of fused-ring (bicyclic) bond motifs is 1. The Hall–Kier alpha value is -2.67. The van der Waals surface area contributed by atoms with Crippen LogP contribution >= 0.6 is 11.3 Å². The number of carbonyl (C=O) groups excluding carboxylic acids is 1. The third-order valence-corrected chi connectivity index (χ3v) is 5.79. The molecule has 1 aromatic carbocycles. The Morgan fingerprint density at radius 3 is 2.81 bits per heavy atom. The molecule has 140 valence electrons. The van der Waals surface area contributed by atoms with E-state index < -0.39 is 0 Å². The summed E-state index contributed by atoms with van der Waals surface area (Å²) in [4.78, 5) is 22.7. The van der Waals surface area contributed by atoms with E-state index in [0.29, 0.717) is 23.1 Å². The van der Waals surface area contributed by atoms with E-state index in [4.69, 9.17) is 4.74 Å². The first-order valence-electron chi connectivity index (χ1n) is 9.18. The van der Waals surface area contributed by atoms with Gasteiger partial charge in [-0.3, -0.25) is 10.1 Å². The molecule has 1 aliphatic carbocycles. The molecule has 1 N–H and O–H groups in total. The van der Waals surface area contributed by atoms with Crippen LogP contribution in [0.5, 0.6) is 5.75 Å². The van der Waals surface area contributed by atoms with Gasteiger partial charge in [-0.25, -0.2) is 9.97 Å². The van der Waals surface area contributed by atoms with E-state index in [9.17, 15) is 4.79 Å². The predicted molar refractivity (Wildman–Crippen MR) is 105 cm³/mol. The standard InChI is InChI=1S/C20H22N4O2S/c1-24-12-11-21-18(24)13-26-15-9-7-14(8-10-15)19(25)23-20-22-16-5-3-2-4-6-17(16)27-20/h7-12H,2-6,13H2,1H3,(H,22,23,25). The number of rotatable bonds is 5. The summed E-state index contributed by atoms with van der Waals surface area (Å²) in [6, 6.07) is 7.13. The lowest BCUT2D eigenvalue weighted by molar-refractivity contribution is 0.102. The van der Waals surface area contributed by atoms with Crippen molar-refractivity contribution in [2.45, 2.75) is 38.7 Å². The van der Waals surface area contributed by atoms with Gasteiger partial charge in [0.15, 0.2) is 5.13 Å². The molecule has 0 aliphatic heterocycles. The summed E-state index contributed by atoms with van der Waals surface area (Å²) in [5.41, 5.74) is 1.75. The topological polar surface area (TPSA) is 69.0 Å². The Morgan fingerprint density at radius 2 is 2.04 bits per heavy atom. The number of benzene rings is 1. The van der Waals surface area contributed by atoms with Crippen molar-refractivity contribution in [2.75, 3.05) is 5.32 Å². The molecule has 3 aromatic rings. The number of anilines is 1. The van der Waals surface area contributed by atoms with E-state index in [1.54, 1.807) is 41.8 Å². The molecular weight excluding hydrogens is 360 g/mol. The summed E-state index contributed by atoms with van der Waals surface area (Å²) in [5.74, 6) is 1.41. The minimum absolute atomic E-state index is 0.144. The second-order valence-electron chi connectivity index (χ2n) is 6.67. The molecule has 7 heteroatoms. The molecular formula is C20H22N4O2S. The van der Waals surface area contributed by atoms with E-state index in [1.165, 1.54) is 24.1 Å². The van der Waals surface area contributed by atoms with E-state index in [2.05, 4.69) is 15.3 Å². The maximum Gasteiger partial charge on any atom is 0.257 e. The number of aryl methyl sites for hydroxylation is 3. The molecule has 1 aliphatic rings. The highest BCUT2D eigenvalue weighted by atomic mass is 32.1. The van der Waals surface area contributed by atoms with Crippen LogP contribution < -0.4 is 10.1 Å². The molecule has 0 radical (unpaired) electrons. The molecule has 0 fully saturated rings. The molecule has 0 unspecified atom stereocenters. The van der Waals surface area contributed by atoms with Crippen LogP contribution in [0.4, 0.5) is 5.13 Å². The molecule has 6 nitrogen and oxygen atoms in total. The number of hydrogen-bond donors (Lipinski definition) is 1. The second-order valence-corrected chi connectivity index (χ2v) is 7.75. The zero-order valence-electron chi connectivity index (χ0n) is 15.3. The van der Waals surface area contributed by atoms with Gasteiger partial charge in [-0.1, -0.05) is 6.42 Å². The Kier molecular flexibility index (Phi) is 5.20. The first-order chi connectivity index (χ1) is 13.2. The molecule has 0 saturated carbocycles. The minimum Gasteiger partial charge on any atom is -0.486 e. The van der Waals surface area contributed by atoms with Gasteiger partial charge in [0.05, 0.1) is 5.69 Å². The van der Waals surface area contributed by atoms with Gasteiger partial charge < -0.3 is 9.30 Å². The van der Waals surface area contributed by atoms with Crippen molar-refractivity contribution < 1.29 is 9.53 Å². The van der Waals surface area contributed by atoms with Crippen LogP contribution in [0.1, 0.15) is 46.0 Å². The monoisotopic (exact) mass is 382 g/mol. The van der Waals surface area contributed by atoms with Crippen molar-refractivity contribution >= 4 is 22.4 Å². The Balaban J connectivity index is 1.37. The number of nitrogens with one attached hydrogen (secondary N) is 1. The van der Waals surface area contributed by atoms with E-state index >= 15 is 0 Å². The highest BCUT2D eigenvalue weighted by Gasteiger charge is 2.16. The molecule has 4 rings (SSSR count). The lowest BCUT2D eigenvalue weighted by atomic mass is 10.2. The van der Waals surface area contributed by atoms with Crippen LogP contribution in [0.3, 0.4) is 0 Å². The molecule has 0 atom stereocenters. The summed E-state index contributed by atoms with van der Waals surface area (Å²) in [7, 11) is 1.93. The molecule has 0 bridgehead atoms. The van der Waals surface area contributed by atoms with Crippen LogP contribution in [0.25, 0.3) is 0 Å². The van der Waals surface area contributed by atoms with E-state index in [1.807, 2.05) is 17.8 Å². The van der Waals surface area contributed by atoms with Crippen molar-refractivity contribution in [3.05, 3.63) is 58.6 Å². The summed E-state index contributed by atoms with van der Waals surface area (Å²) in [6.07, 6.45) is 9.37. The first kappa shape index (κ1) is 17.7. The molecule has 2 aromatic heterocycles. The fraction of sp³-hybridized carbons (Fsp3) is 0.350. The van der Waals surface area contributed by atoms with Gasteiger partial charge in [0.25, 0.3) is 5.91 Å². The Labute approximate surface area is 162 Å². The SMILES string of the molecule is Cn1ccnc1COc1ccc(C(=O)Nc2nc3c(s2)CCCCC3)cc1. The van der Waals surface area contributed by atoms with Gasteiger partial charge in [-0.2, -0.15) is 0 Å². The van der Waals surface area contributed by atoms with Gasteiger partial charge in [-0.15, -0.1) is 11.3 Å². The van der Waals surface area contributed by atoms with Crippen molar-refractivity contribution in [2.24, 2.45) is 7.05 Å². The highest BCUT2D eigenvalue weighted by Crippen LogP contribution is 2.29. The van der Waals surface area contributed by atoms with Crippen molar-refractivity contribution in [3.63, 3.8) is 0 Å². The van der Waals surface area contributed by atoms with Crippen LogP contribution in [-0.4, -0.2) is 20.4 Å². The number of ether oxygens (including phenoxy) is 1. The lowest BCUT2D eigenvalue weighted by Crippen LogP contribution is -2.11. The maximum absolute atomic E-state index is 12.5. The fourth-order valence-corrected chi connectivity index (χ4v) is 4.18. The minimum atomic E-state index is -0.144. The molecule has 1 amide bonds. The Bertz CT molecular complexity index is 906. The number of hydrogen-bond acceptors (Lipinski definition) is 5. The third-order valence-electron chi connectivity index (χ3n) is 4.72. The van der Waals surface area contributed by atoms with Crippen LogP contribution in [0.15, 0.2) is 36.7 Å². The number of carbonyl (C=O) groups is 1. The van der Waals surface area contributed by atoms with E-state index in [0.717, 1.165) is 24.4 Å². The van der Waals surface area contributed by atoms with Crippen molar-refractivity contribution in [3.8, 4) is 5.75 Å².